The van der Waals surface area contributed by atoms with E-state index in [1.807, 2.05) is 48.5 Å². The third-order valence-corrected chi connectivity index (χ3v) is 4.28. The van der Waals surface area contributed by atoms with E-state index in [9.17, 15) is 9.59 Å². The first-order valence-corrected chi connectivity index (χ1v) is 7.50. The number of nitrogens with one attached hydrogen (secondary N) is 1. The summed E-state index contributed by atoms with van der Waals surface area (Å²) >= 11 is 0. The van der Waals surface area contributed by atoms with Gasteiger partial charge in [0, 0.05) is 5.92 Å². The first kappa shape index (κ1) is 13.8. The van der Waals surface area contributed by atoms with Crippen LogP contribution in [-0.2, 0) is 14.3 Å². The van der Waals surface area contributed by atoms with Gasteiger partial charge >= 0.3 is 5.97 Å². The van der Waals surface area contributed by atoms with Crippen molar-refractivity contribution in [1.82, 2.24) is 0 Å². The predicted molar refractivity (Wildman–Crippen MR) is 83.4 cm³/mol. The van der Waals surface area contributed by atoms with Gasteiger partial charge in [0.15, 0.2) is 6.61 Å². The van der Waals surface area contributed by atoms with Crippen molar-refractivity contribution in [2.75, 3.05) is 18.5 Å². The summed E-state index contributed by atoms with van der Waals surface area (Å²) in [5.41, 5.74) is 2.54. The first-order chi connectivity index (χ1) is 11.2. The molecule has 23 heavy (non-hydrogen) atoms. The highest BCUT2D eigenvalue weighted by Gasteiger charge is 2.39. The van der Waals surface area contributed by atoms with Gasteiger partial charge in [-0.1, -0.05) is 36.4 Å². The normalized spacial score (nSPS) is 22.8. The molecule has 116 valence electrons. The molecule has 1 fully saturated rings. The third-order valence-electron chi connectivity index (χ3n) is 4.28. The van der Waals surface area contributed by atoms with Crippen LogP contribution in [0.4, 0.5) is 5.69 Å². The average molecular weight is 309 g/mol. The maximum Gasteiger partial charge on any atom is 0.314 e. The Kier molecular flexibility index (Phi) is 3.26. The molecule has 2 unspecified atom stereocenters. The fraction of sp³-hybridized carbons (Fsp3) is 0.222. The molecule has 0 bridgehead atoms. The van der Waals surface area contributed by atoms with Gasteiger partial charge in [-0.05, 0) is 23.3 Å². The molecule has 1 saturated heterocycles. The van der Waals surface area contributed by atoms with Gasteiger partial charge < -0.3 is 14.8 Å². The largest absolute Gasteiger partial charge is 0.482 e. The Bertz CT molecular complexity index is 772. The third kappa shape index (κ3) is 2.44. The second-order valence-corrected chi connectivity index (χ2v) is 5.72. The summed E-state index contributed by atoms with van der Waals surface area (Å²) < 4.78 is 10.7. The highest BCUT2D eigenvalue weighted by Crippen LogP contribution is 2.41. The minimum Gasteiger partial charge on any atom is -0.482 e. The Morgan fingerprint density at radius 1 is 0.957 bits per heavy atom. The van der Waals surface area contributed by atoms with Gasteiger partial charge in [-0.15, -0.1) is 0 Å². The zero-order valence-electron chi connectivity index (χ0n) is 12.3. The molecule has 2 heterocycles. The lowest BCUT2D eigenvalue weighted by Crippen LogP contribution is -2.25. The number of benzene rings is 2. The molecule has 0 aliphatic carbocycles. The number of ether oxygens (including phenoxy) is 2. The minimum absolute atomic E-state index is 0.0318. The summed E-state index contributed by atoms with van der Waals surface area (Å²) in [6, 6.07) is 15.3. The van der Waals surface area contributed by atoms with Crippen LogP contribution in [0.25, 0.3) is 0 Å². The van der Waals surface area contributed by atoms with Gasteiger partial charge in [-0.2, -0.15) is 0 Å². The van der Waals surface area contributed by atoms with Gasteiger partial charge in [0.2, 0.25) is 0 Å². The van der Waals surface area contributed by atoms with Crippen LogP contribution in [0.5, 0.6) is 5.75 Å². The molecule has 4 rings (SSSR count). The lowest BCUT2D eigenvalue weighted by Gasteiger charge is -2.21. The summed E-state index contributed by atoms with van der Waals surface area (Å²) in [5, 5.41) is 2.80. The summed E-state index contributed by atoms with van der Waals surface area (Å²) in [6.45, 7) is 0.371. The van der Waals surface area contributed by atoms with Gasteiger partial charge in [-0.25, -0.2) is 0 Å². The van der Waals surface area contributed by atoms with E-state index in [0.29, 0.717) is 18.0 Å². The molecule has 1 N–H and O–H groups in total. The van der Waals surface area contributed by atoms with Gasteiger partial charge in [-0.3, -0.25) is 9.59 Å². The number of anilines is 1. The molecule has 2 aliphatic rings. The van der Waals surface area contributed by atoms with E-state index in [0.717, 1.165) is 11.1 Å². The Hall–Kier alpha value is -2.82. The highest BCUT2D eigenvalue weighted by molar-refractivity contribution is 5.95. The van der Waals surface area contributed by atoms with E-state index >= 15 is 0 Å². The van der Waals surface area contributed by atoms with E-state index in [1.165, 1.54) is 0 Å². The number of fused-ring (bicyclic) bond motifs is 1. The second-order valence-electron chi connectivity index (χ2n) is 5.72. The molecule has 2 aromatic carbocycles. The Balaban J connectivity index is 1.71. The Morgan fingerprint density at radius 2 is 1.78 bits per heavy atom. The minimum atomic E-state index is -0.325. The first-order valence-electron chi connectivity index (χ1n) is 7.50. The monoisotopic (exact) mass is 309 g/mol. The van der Waals surface area contributed by atoms with Crippen LogP contribution >= 0.6 is 0 Å². The molecule has 1 amide bonds. The molecule has 5 heteroatoms. The van der Waals surface area contributed by atoms with Crippen molar-refractivity contribution in [1.29, 1.82) is 0 Å². The summed E-state index contributed by atoms with van der Waals surface area (Å²) in [6.07, 6.45) is 0. The van der Waals surface area contributed by atoms with E-state index in [2.05, 4.69) is 5.32 Å². The number of carbonyl (C=O) groups excluding carboxylic acids is 2. The van der Waals surface area contributed by atoms with E-state index < -0.39 is 0 Å². The van der Waals surface area contributed by atoms with Crippen molar-refractivity contribution in [3.8, 4) is 5.75 Å². The number of hydrogen-bond acceptors (Lipinski definition) is 4. The van der Waals surface area contributed by atoms with Crippen molar-refractivity contribution in [3.63, 3.8) is 0 Å². The fourth-order valence-corrected chi connectivity index (χ4v) is 3.17. The summed E-state index contributed by atoms with van der Waals surface area (Å²) in [5.74, 6) is -0.134. The Labute approximate surface area is 133 Å². The van der Waals surface area contributed by atoms with E-state index in [4.69, 9.17) is 9.47 Å². The zero-order valence-corrected chi connectivity index (χ0v) is 12.3. The van der Waals surface area contributed by atoms with E-state index in [1.54, 1.807) is 0 Å². The summed E-state index contributed by atoms with van der Waals surface area (Å²) in [7, 11) is 0. The van der Waals surface area contributed by atoms with Crippen LogP contribution in [0, 0.1) is 0 Å². The molecule has 2 atom stereocenters. The molecule has 0 saturated carbocycles. The topological polar surface area (TPSA) is 64.6 Å². The zero-order chi connectivity index (χ0) is 15.8. The number of cyclic esters (lactones) is 1. The molecular weight excluding hydrogens is 294 g/mol. The van der Waals surface area contributed by atoms with Crippen molar-refractivity contribution >= 4 is 17.6 Å². The fourth-order valence-electron chi connectivity index (χ4n) is 3.17. The number of esters is 1. The van der Waals surface area contributed by atoms with Crippen LogP contribution in [-0.4, -0.2) is 25.1 Å². The highest BCUT2D eigenvalue weighted by atomic mass is 16.5. The van der Waals surface area contributed by atoms with Crippen LogP contribution in [0.1, 0.15) is 23.0 Å². The van der Waals surface area contributed by atoms with Gasteiger partial charge in [0.1, 0.15) is 5.75 Å². The molecule has 2 aliphatic heterocycles. The molecule has 0 spiro atoms. The second kappa shape index (κ2) is 5.43. The van der Waals surface area contributed by atoms with Crippen molar-refractivity contribution in [3.05, 3.63) is 59.7 Å². The van der Waals surface area contributed by atoms with Crippen LogP contribution < -0.4 is 10.1 Å². The number of carbonyl (C=O) groups is 2. The molecule has 0 radical (unpaired) electrons. The van der Waals surface area contributed by atoms with Crippen molar-refractivity contribution < 1.29 is 19.1 Å². The van der Waals surface area contributed by atoms with Crippen LogP contribution in [0.2, 0.25) is 0 Å². The maximum atomic E-state index is 12.2. The molecule has 5 nitrogen and oxygen atoms in total. The van der Waals surface area contributed by atoms with Crippen LogP contribution in [0.3, 0.4) is 0 Å². The average Bonchev–Trinajstić information content (AvgIpc) is 2.96. The molecule has 2 aromatic rings. The van der Waals surface area contributed by atoms with Gasteiger partial charge in [0.25, 0.3) is 5.91 Å². The molecule has 0 aromatic heterocycles. The van der Waals surface area contributed by atoms with Crippen molar-refractivity contribution in [2.24, 2.45) is 0 Å². The maximum absolute atomic E-state index is 12.2. The van der Waals surface area contributed by atoms with Crippen molar-refractivity contribution in [2.45, 2.75) is 11.8 Å². The van der Waals surface area contributed by atoms with E-state index in [-0.39, 0.29) is 30.3 Å². The Morgan fingerprint density at radius 3 is 2.61 bits per heavy atom. The number of amides is 1. The van der Waals surface area contributed by atoms with Gasteiger partial charge in [0.05, 0.1) is 18.2 Å². The number of hydrogen-bond donors (Lipinski definition) is 1. The standard InChI is InChI=1S/C18H15NO4/c20-16-10-22-15-7-6-12(8-14(15)19-16)13-9-23-18(21)17(13)11-4-2-1-3-5-11/h1-8,13,17H,9-10H2,(H,19,20). The number of rotatable bonds is 2. The predicted octanol–water partition coefficient (Wildman–Crippen LogP) is 2.44. The smallest absolute Gasteiger partial charge is 0.314 e. The van der Waals surface area contributed by atoms with Crippen LogP contribution in [0.15, 0.2) is 48.5 Å². The molecular formula is C18H15NO4. The lowest BCUT2D eigenvalue weighted by atomic mass is 9.83. The quantitative estimate of drug-likeness (QED) is 0.865. The lowest BCUT2D eigenvalue weighted by molar-refractivity contribution is -0.139. The SMILES string of the molecule is O=C1COc2ccc(C3COC(=O)C3c3ccccc3)cc2N1. The summed E-state index contributed by atoms with van der Waals surface area (Å²) in [4.78, 5) is 23.7.